The normalized spacial score (nSPS) is 20.0. The number of methoxy groups -OCH3 is 1. The molecule has 2 N–H and O–H groups in total. The number of carbonyl (C=O) groups excluding carboxylic acids is 1. The van der Waals surface area contributed by atoms with Crippen LogP contribution in [0.25, 0.3) is 0 Å². The topological polar surface area (TPSA) is 68.2 Å². The maximum Gasteiger partial charge on any atom is 0.410 e. The standard InChI is InChI=1S/C15H17F3N4O2S/c1-24-5-4-19-14(23)9-8-20-22-12(15(16,17)18)7-10(21-13(9)22)11-3-2-6-25-11/h2-3,6,8,10,12,21H,4-5,7H2,1H3,(H,19,23). The number of nitrogens with one attached hydrogen (secondary N) is 2. The van der Waals surface area contributed by atoms with E-state index in [2.05, 4.69) is 15.7 Å². The van der Waals surface area contributed by atoms with Crippen LogP contribution in [0.5, 0.6) is 0 Å². The number of anilines is 1. The molecule has 1 aliphatic rings. The van der Waals surface area contributed by atoms with Gasteiger partial charge in [0.2, 0.25) is 0 Å². The van der Waals surface area contributed by atoms with Crippen molar-refractivity contribution in [2.24, 2.45) is 0 Å². The Bertz CT molecular complexity index is 730. The molecule has 0 aliphatic carbocycles. The van der Waals surface area contributed by atoms with Gasteiger partial charge in [0.15, 0.2) is 6.04 Å². The summed E-state index contributed by atoms with van der Waals surface area (Å²) < 4.78 is 46.2. The predicted octanol–water partition coefficient (Wildman–Crippen LogP) is 2.98. The van der Waals surface area contributed by atoms with Gasteiger partial charge in [0.25, 0.3) is 5.91 Å². The van der Waals surface area contributed by atoms with Crippen molar-refractivity contribution in [1.29, 1.82) is 0 Å². The minimum atomic E-state index is -4.46. The largest absolute Gasteiger partial charge is 0.410 e. The number of hydrogen-bond acceptors (Lipinski definition) is 5. The van der Waals surface area contributed by atoms with Gasteiger partial charge in [-0.2, -0.15) is 18.3 Å². The van der Waals surface area contributed by atoms with E-state index in [1.807, 2.05) is 5.38 Å². The molecule has 2 aromatic rings. The smallest absolute Gasteiger partial charge is 0.383 e. The molecule has 0 bridgehead atoms. The number of rotatable bonds is 5. The summed E-state index contributed by atoms with van der Waals surface area (Å²) in [5.41, 5.74) is 0.0895. The fourth-order valence-corrected chi connectivity index (χ4v) is 3.56. The molecule has 10 heteroatoms. The first-order chi connectivity index (χ1) is 11.9. The van der Waals surface area contributed by atoms with E-state index in [0.29, 0.717) is 6.61 Å². The van der Waals surface area contributed by atoms with Crippen LogP contribution in [-0.4, -0.2) is 42.1 Å². The lowest BCUT2D eigenvalue weighted by atomic mass is 10.0. The third-order valence-electron chi connectivity index (χ3n) is 3.96. The number of fused-ring (bicyclic) bond motifs is 1. The lowest BCUT2D eigenvalue weighted by Crippen LogP contribution is -2.36. The zero-order chi connectivity index (χ0) is 18.0. The van der Waals surface area contributed by atoms with Gasteiger partial charge in [-0.15, -0.1) is 11.3 Å². The van der Waals surface area contributed by atoms with Crippen molar-refractivity contribution in [3.8, 4) is 0 Å². The molecule has 136 valence electrons. The highest BCUT2D eigenvalue weighted by Gasteiger charge is 2.47. The van der Waals surface area contributed by atoms with E-state index in [0.717, 1.165) is 9.56 Å². The summed E-state index contributed by atoms with van der Waals surface area (Å²) in [6, 6.07) is 1.26. The number of aromatic nitrogens is 2. The van der Waals surface area contributed by atoms with E-state index >= 15 is 0 Å². The number of halogens is 3. The Hall–Kier alpha value is -2.07. The van der Waals surface area contributed by atoms with Gasteiger partial charge >= 0.3 is 6.18 Å². The van der Waals surface area contributed by atoms with Crippen molar-refractivity contribution in [3.05, 3.63) is 34.2 Å². The SMILES string of the molecule is COCCNC(=O)c1cnn2c1NC(c1cccs1)CC2C(F)(F)F. The molecule has 3 heterocycles. The first kappa shape index (κ1) is 17.7. The van der Waals surface area contributed by atoms with Crippen LogP contribution in [0.1, 0.15) is 33.7 Å². The maximum atomic E-state index is 13.5. The van der Waals surface area contributed by atoms with Gasteiger partial charge in [-0.1, -0.05) is 6.07 Å². The minimum absolute atomic E-state index is 0.0851. The summed E-state index contributed by atoms with van der Waals surface area (Å²) in [5, 5.41) is 11.3. The lowest BCUT2D eigenvalue weighted by Gasteiger charge is -2.33. The van der Waals surface area contributed by atoms with Crippen LogP contribution in [0, 0.1) is 0 Å². The van der Waals surface area contributed by atoms with Gasteiger partial charge in [-0.3, -0.25) is 4.79 Å². The van der Waals surface area contributed by atoms with Crippen molar-refractivity contribution in [2.75, 3.05) is 25.6 Å². The minimum Gasteiger partial charge on any atom is -0.383 e. The molecule has 0 spiro atoms. The van der Waals surface area contributed by atoms with Gasteiger partial charge < -0.3 is 15.4 Å². The second-order valence-electron chi connectivity index (χ2n) is 5.61. The van der Waals surface area contributed by atoms with Crippen LogP contribution in [-0.2, 0) is 4.74 Å². The molecule has 3 rings (SSSR count). The second-order valence-corrected chi connectivity index (χ2v) is 6.58. The number of nitrogens with zero attached hydrogens (tertiary/aromatic N) is 2. The quantitative estimate of drug-likeness (QED) is 0.790. The average Bonchev–Trinajstić information content (AvgIpc) is 3.22. The maximum absolute atomic E-state index is 13.5. The highest BCUT2D eigenvalue weighted by atomic mass is 32.1. The van der Waals surface area contributed by atoms with E-state index in [9.17, 15) is 18.0 Å². The number of alkyl halides is 3. The van der Waals surface area contributed by atoms with Crippen LogP contribution in [0.3, 0.4) is 0 Å². The molecule has 0 fully saturated rings. The van der Waals surface area contributed by atoms with Crippen molar-refractivity contribution in [2.45, 2.75) is 24.7 Å². The number of hydrogen-bond donors (Lipinski definition) is 2. The summed E-state index contributed by atoms with van der Waals surface area (Å²) in [5.74, 6) is -0.402. The Balaban J connectivity index is 1.92. The van der Waals surface area contributed by atoms with Crippen molar-refractivity contribution in [3.63, 3.8) is 0 Å². The summed E-state index contributed by atoms with van der Waals surface area (Å²) >= 11 is 1.37. The summed E-state index contributed by atoms with van der Waals surface area (Å²) in [6.07, 6.45) is -3.47. The first-order valence-electron chi connectivity index (χ1n) is 7.63. The molecule has 2 atom stereocenters. The molecule has 25 heavy (non-hydrogen) atoms. The fourth-order valence-electron chi connectivity index (χ4n) is 2.77. The summed E-state index contributed by atoms with van der Waals surface area (Å²) in [4.78, 5) is 13.0. The van der Waals surface area contributed by atoms with Gasteiger partial charge in [-0.05, 0) is 11.4 Å². The highest BCUT2D eigenvalue weighted by molar-refractivity contribution is 7.10. The Morgan fingerprint density at radius 1 is 1.56 bits per heavy atom. The van der Waals surface area contributed by atoms with E-state index in [4.69, 9.17) is 4.74 Å². The summed E-state index contributed by atoms with van der Waals surface area (Å²) in [7, 11) is 1.50. The Labute approximate surface area is 146 Å². The Kier molecular flexibility index (Phi) is 5.00. The first-order valence-corrected chi connectivity index (χ1v) is 8.51. The van der Waals surface area contributed by atoms with E-state index in [1.165, 1.54) is 24.6 Å². The van der Waals surface area contributed by atoms with Crippen molar-refractivity contribution in [1.82, 2.24) is 15.1 Å². The van der Waals surface area contributed by atoms with E-state index < -0.39 is 24.2 Å². The van der Waals surface area contributed by atoms with E-state index in [-0.39, 0.29) is 24.3 Å². The van der Waals surface area contributed by atoms with Crippen LogP contribution in [0.4, 0.5) is 19.0 Å². The molecule has 0 aromatic carbocycles. The molecule has 1 aliphatic heterocycles. The van der Waals surface area contributed by atoms with Gasteiger partial charge in [-0.25, -0.2) is 4.68 Å². The molecule has 6 nitrogen and oxygen atoms in total. The number of thiophene rings is 1. The van der Waals surface area contributed by atoms with Gasteiger partial charge in [0.05, 0.1) is 18.8 Å². The predicted molar refractivity (Wildman–Crippen MR) is 86.8 cm³/mol. The fraction of sp³-hybridized carbons (Fsp3) is 0.467. The molecular weight excluding hydrogens is 357 g/mol. The number of ether oxygens (including phenoxy) is 1. The Morgan fingerprint density at radius 2 is 2.36 bits per heavy atom. The van der Waals surface area contributed by atoms with Crippen LogP contribution in [0.2, 0.25) is 0 Å². The molecule has 2 aromatic heterocycles. The van der Waals surface area contributed by atoms with Crippen LogP contribution in [0.15, 0.2) is 23.7 Å². The van der Waals surface area contributed by atoms with Crippen LogP contribution >= 0.6 is 11.3 Å². The Morgan fingerprint density at radius 3 is 3.00 bits per heavy atom. The molecule has 1 amide bonds. The van der Waals surface area contributed by atoms with Crippen LogP contribution < -0.4 is 10.6 Å². The second kappa shape index (κ2) is 7.04. The third-order valence-corrected chi connectivity index (χ3v) is 4.95. The molecule has 0 saturated heterocycles. The van der Waals surface area contributed by atoms with Crippen molar-refractivity contribution < 1.29 is 22.7 Å². The lowest BCUT2D eigenvalue weighted by molar-refractivity contribution is -0.173. The van der Waals surface area contributed by atoms with Gasteiger partial charge in [0.1, 0.15) is 11.4 Å². The van der Waals surface area contributed by atoms with Crippen molar-refractivity contribution >= 4 is 23.1 Å². The zero-order valence-electron chi connectivity index (χ0n) is 13.3. The molecular formula is C15H17F3N4O2S. The summed E-state index contributed by atoms with van der Waals surface area (Å²) in [6.45, 7) is 0.572. The molecule has 2 unspecified atom stereocenters. The molecule has 0 radical (unpaired) electrons. The number of carbonyl (C=O) groups is 1. The van der Waals surface area contributed by atoms with Gasteiger partial charge in [0, 0.05) is 25.0 Å². The van der Waals surface area contributed by atoms with E-state index in [1.54, 1.807) is 12.1 Å². The monoisotopic (exact) mass is 374 g/mol. The third kappa shape index (κ3) is 3.64. The zero-order valence-corrected chi connectivity index (χ0v) is 14.2. The highest BCUT2D eigenvalue weighted by Crippen LogP contribution is 2.44. The molecule has 0 saturated carbocycles. The average molecular weight is 374 g/mol. The number of amides is 1.